The second kappa shape index (κ2) is 8.42. The van der Waals surface area contributed by atoms with Crippen LogP contribution in [0.2, 0.25) is 0 Å². The molecular weight excluding hydrogens is 348 g/mol. The zero-order valence-electron chi connectivity index (χ0n) is 17.9. The maximum atomic E-state index is 12.1. The van der Waals surface area contributed by atoms with Crippen LogP contribution in [0.1, 0.15) is 49.0 Å². The van der Waals surface area contributed by atoms with E-state index >= 15 is 0 Å². The number of piperazine rings is 1. The standard InChI is InChI=1S/C23H36N4O/c1-4-18(2)26-13-11-25(12-14-26)16-19-7-9-27(10-8-19)21-5-6-22-20(15-21)17-24(3)23(22)28/h5-6,15,18-19H,4,7-14,16-17H2,1-3H3. The van der Waals surface area contributed by atoms with Crippen LogP contribution in [-0.4, -0.2) is 79.5 Å². The topological polar surface area (TPSA) is 30.0 Å². The molecule has 2 saturated heterocycles. The molecule has 0 aromatic heterocycles. The van der Waals surface area contributed by atoms with E-state index in [1.165, 1.54) is 63.2 Å². The van der Waals surface area contributed by atoms with E-state index in [1.807, 2.05) is 18.0 Å². The Labute approximate surface area is 170 Å². The molecule has 5 heteroatoms. The van der Waals surface area contributed by atoms with E-state index in [4.69, 9.17) is 0 Å². The highest BCUT2D eigenvalue weighted by atomic mass is 16.2. The van der Waals surface area contributed by atoms with Gasteiger partial charge in [0, 0.05) is 76.7 Å². The minimum atomic E-state index is 0.161. The Bertz CT molecular complexity index is 690. The van der Waals surface area contributed by atoms with E-state index in [0.717, 1.165) is 37.2 Å². The number of rotatable bonds is 5. The lowest BCUT2D eigenvalue weighted by molar-refractivity contribution is 0.0816. The number of anilines is 1. The van der Waals surface area contributed by atoms with E-state index in [-0.39, 0.29) is 5.91 Å². The normalized spacial score (nSPS) is 23.3. The number of carbonyl (C=O) groups excluding carboxylic acids is 1. The van der Waals surface area contributed by atoms with Crippen molar-refractivity contribution < 1.29 is 4.79 Å². The van der Waals surface area contributed by atoms with Gasteiger partial charge in [0.2, 0.25) is 0 Å². The van der Waals surface area contributed by atoms with Crippen LogP contribution in [0.15, 0.2) is 18.2 Å². The average Bonchev–Trinajstić information content (AvgIpc) is 3.01. The van der Waals surface area contributed by atoms with Crippen molar-refractivity contribution in [3.63, 3.8) is 0 Å². The highest BCUT2D eigenvalue weighted by Crippen LogP contribution is 2.29. The number of carbonyl (C=O) groups is 1. The second-order valence-corrected chi connectivity index (χ2v) is 9.03. The number of piperidine rings is 1. The van der Waals surface area contributed by atoms with E-state index in [2.05, 4.69) is 40.7 Å². The smallest absolute Gasteiger partial charge is 0.254 e. The van der Waals surface area contributed by atoms with Gasteiger partial charge in [-0.05, 0) is 55.9 Å². The van der Waals surface area contributed by atoms with Gasteiger partial charge in [0.1, 0.15) is 0 Å². The SMILES string of the molecule is CCC(C)N1CCN(CC2CCN(c3ccc4c(c3)CN(C)C4=O)CC2)CC1. The summed E-state index contributed by atoms with van der Waals surface area (Å²) in [7, 11) is 1.89. The lowest BCUT2D eigenvalue weighted by atomic mass is 9.95. The molecule has 1 unspecified atom stereocenters. The molecule has 28 heavy (non-hydrogen) atoms. The van der Waals surface area contributed by atoms with E-state index in [1.54, 1.807) is 0 Å². The summed E-state index contributed by atoms with van der Waals surface area (Å²) in [5.41, 5.74) is 3.37. The Balaban J connectivity index is 1.26. The number of amides is 1. The quantitative estimate of drug-likeness (QED) is 0.781. The fraction of sp³-hybridized carbons (Fsp3) is 0.696. The lowest BCUT2D eigenvalue weighted by Gasteiger charge is -2.41. The van der Waals surface area contributed by atoms with Crippen molar-refractivity contribution >= 4 is 11.6 Å². The summed E-state index contributed by atoms with van der Waals surface area (Å²) in [5.74, 6) is 0.988. The molecule has 2 fully saturated rings. The number of hydrogen-bond donors (Lipinski definition) is 0. The first-order chi connectivity index (χ1) is 13.5. The molecule has 0 spiro atoms. The first kappa shape index (κ1) is 19.7. The Morgan fingerprint density at radius 3 is 2.46 bits per heavy atom. The molecule has 1 atom stereocenters. The first-order valence-corrected chi connectivity index (χ1v) is 11.1. The maximum absolute atomic E-state index is 12.1. The molecular formula is C23H36N4O. The fourth-order valence-corrected chi connectivity index (χ4v) is 5.03. The van der Waals surface area contributed by atoms with Gasteiger partial charge in [0.25, 0.3) is 5.91 Å². The summed E-state index contributed by atoms with van der Waals surface area (Å²) >= 11 is 0. The molecule has 154 valence electrons. The third kappa shape index (κ3) is 4.06. The summed E-state index contributed by atoms with van der Waals surface area (Å²) < 4.78 is 0. The monoisotopic (exact) mass is 384 g/mol. The van der Waals surface area contributed by atoms with Gasteiger partial charge < -0.3 is 14.7 Å². The van der Waals surface area contributed by atoms with E-state index < -0.39 is 0 Å². The van der Waals surface area contributed by atoms with Gasteiger partial charge in [-0.15, -0.1) is 0 Å². The molecule has 0 bridgehead atoms. The highest BCUT2D eigenvalue weighted by Gasteiger charge is 2.27. The first-order valence-electron chi connectivity index (χ1n) is 11.1. The van der Waals surface area contributed by atoms with Crippen LogP contribution in [0.4, 0.5) is 5.69 Å². The van der Waals surface area contributed by atoms with Gasteiger partial charge in [-0.25, -0.2) is 0 Å². The summed E-state index contributed by atoms with van der Waals surface area (Å²) in [6.07, 6.45) is 3.81. The van der Waals surface area contributed by atoms with Gasteiger partial charge in [0.15, 0.2) is 0 Å². The van der Waals surface area contributed by atoms with E-state index in [0.29, 0.717) is 0 Å². The van der Waals surface area contributed by atoms with Crippen molar-refractivity contribution in [2.24, 2.45) is 5.92 Å². The van der Waals surface area contributed by atoms with Crippen molar-refractivity contribution in [3.8, 4) is 0 Å². The van der Waals surface area contributed by atoms with E-state index in [9.17, 15) is 4.79 Å². The number of nitrogens with zero attached hydrogens (tertiary/aromatic N) is 4. The third-order valence-electron chi connectivity index (χ3n) is 7.19. The molecule has 3 aliphatic heterocycles. The predicted molar refractivity (Wildman–Crippen MR) is 115 cm³/mol. The average molecular weight is 385 g/mol. The molecule has 1 aromatic carbocycles. The Kier molecular flexibility index (Phi) is 5.93. The van der Waals surface area contributed by atoms with Gasteiger partial charge in [-0.1, -0.05) is 6.92 Å². The highest BCUT2D eigenvalue weighted by molar-refractivity contribution is 5.98. The van der Waals surface area contributed by atoms with Gasteiger partial charge in [0.05, 0.1) is 0 Å². The van der Waals surface area contributed by atoms with Crippen LogP contribution in [-0.2, 0) is 6.54 Å². The van der Waals surface area contributed by atoms with Gasteiger partial charge in [-0.3, -0.25) is 9.69 Å². The fourth-order valence-electron chi connectivity index (χ4n) is 5.03. The minimum absolute atomic E-state index is 0.161. The number of hydrogen-bond acceptors (Lipinski definition) is 4. The molecule has 4 rings (SSSR count). The Morgan fingerprint density at radius 1 is 1.07 bits per heavy atom. The van der Waals surface area contributed by atoms with Gasteiger partial charge >= 0.3 is 0 Å². The number of fused-ring (bicyclic) bond motifs is 1. The molecule has 1 amide bonds. The minimum Gasteiger partial charge on any atom is -0.372 e. The van der Waals surface area contributed by atoms with Crippen molar-refractivity contribution in [1.29, 1.82) is 0 Å². The van der Waals surface area contributed by atoms with Crippen molar-refractivity contribution in [2.75, 3.05) is 57.8 Å². The maximum Gasteiger partial charge on any atom is 0.254 e. The van der Waals surface area contributed by atoms with Crippen LogP contribution in [0.5, 0.6) is 0 Å². The van der Waals surface area contributed by atoms with Crippen molar-refractivity contribution in [2.45, 2.75) is 45.7 Å². The van der Waals surface area contributed by atoms with Crippen LogP contribution in [0.25, 0.3) is 0 Å². The molecule has 3 aliphatic rings. The Hall–Kier alpha value is -1.59. The summed E-state index contributed by atoms with van der Waals surface area (Å²) in [5, 5.41) is 0. The zero-order valence-corrected chi connectivity index (χ0v) is 17.9. The third-order valence-corrected chi connectivity index (χ3v) is 7.19. The predicted octanol–water partition coefficient (Wildman–Crippen LogP) is 2.90. The molecule has 5 nitrogen and oxygen atoms in total. The largest absolute Gasteiger partial charge is 0.372 e. The molecule has 0 saturated carbocycles. The molecule has 0 N–H and O–H groups in total. The van der Waals surface area contributed by atoms with Crippen LogP contribution < -0.4 is 4.90 Å². The van der Waals surface area contributed by atoms with Crippen molar-refractivity contribution in [1.82, 2.24) is 14.7 Å². The number of benzene rings is 1. The van der Waals surface area contributed by atoms with Crippen LogP contribution >= 0.6 is 0 Å². The molecule has 0 aliphatic carbocycles. The summed E-state index contributed by atoms with van der Waals surface area (Å²) in [4.78, 5) is 21.8. The van der Waals surface area contributed by atoms with Gasteiger partial charge in [-0.2, -0.15) is 0 Å². The van der Waals surface area contributed by atoms with Crippen LogP contribution in [0, 0.1) is 5.92 Å². The lowest BCUT2D eigenvalue weighted by Crippen LogP contribution is -2.51. The van der Waals surface area contributed by atoms with Crippen LogP contribution in [0.3, 0.4) is 0 Å². The summed E-state index contributed by atoms with van der Waals surface area (Å²) in [6, 6.07) is 7.14. The molecule has 0 radical (unpaired) electrons. The zero-order chi connectivity index (χ0) is 19.7. The second-order valence-electron chi connectivity index (χ2n) is 9.03. The Morgan fingerprint density at radius 2 is 1.79 bits per heavy atom. The molecule has 1 aromatic rings. The summed E-state index contributed by atoms with van der Waals surface area (Å²) in [6.45, 7) is 13.9. The van der Waals surface area contributed by atoms with Crippen molar-refractivity contribution in [3.05, 3.63) is 29.3 Å². The molecule has 3 heterocycles.